The molecule has 0 spiro atoms. The molecule has 1 aliphatic carbocycles. The van der Waals surface area contributed by atoms with Crippen molar-refractivity contribution < 1.29 is 9.47 Å². The summed E-state index contributed by atoms with van der Waals surface area (Å²) in [6, 6.07) is 5.94. The molecule has 4 rings (SSSR count). The molecule has 0 saturated carbocycles. The number of aromatic amines is 1. The number of fused-ring (bicyclic) bond motifs is 1. The van der Waals surface area contributed by atoms with E-state index in [1.807, 2.05) is 31.3 Å². The summed E-state index contributed by atoms with van der Waals surface area (Å²) in [5.41, 5.74) is 2.97. The van der Waals surface area contributed by atoms with Crippen molar-refractivity contribution in [2.45, 2.75) is 12.8 Å². The molecule has 0 aliphatic heterocycles. The minimum absolute atomic E-state index is 0.548. The Labute approximate surface area is 150 Å². The second kappa shape index (κ2) is 6.55. The van der Waals surface area contributed by atoms with Crippen molar-refractivity contribution in [3.8, 4) is 0 Å². The highest BCUT2D eigenvalue weighted by Crippen LogP contribution is 2.31. The fourth-order valence-corrected chi connectivity index (χ4v) is 3.10. The number of aryl methyl sites for hydroxylation is 1. The standard InChI is InChI=1S/C18H20N6O2/c1-24-17(11-4-7-15(25-2)16(9-11)26-3)21-18(23-24)20-13-5-6-14-12(8-13)10-19-22-14/h5-6,8-10H,4,7H2,1-3H3,(H,19,22)(H,20,23). The molecule has 0 radical (unpaired) electrons. The van der Waals surface area contributed by atoms with E-state index in [4.69, 9.17) is 9.47 Å². The van der Waals surface area contributed by atoms with Crippen LogP contribution in [0.5, 0.6) is 0 Å². The molecule has 1 aliphatic rings. The Morgan fingerprint density at radius 2 is 2.08 bits per heavy atom. The lowest BCUT2D eigenvalue weighted by Crippen LogP contribution is -2.06. The number of anilines is 2. The molecule has 0 amide bonds. The van der Waals surface area contributed by atoms with Crippen LogP contribution < -0.4 is 5.32 Å². The lowest BCUT2D eigenvalue weighted by molar-refractivity contribution is 0.219. The van der Waals surface area contributed by atoms with E-state index < -0.39 is 0 Å². The average molecular weight is 352 g/mol. The number of H-pyrrole nitrogens is 1. The predicted octanol–water partition coefficient (Wildman–Crippen LogP) is 3.12. The number of ether oxygens (including phenoxy) is 2. The number of nitrogens with one attached hydrogen (secondary N) is 2. The van der Waals surface area contributed by atoms with Gasteiger partial charge in [0.25, 0.3) is 0 Å². The van der Waals surface area contributed by atoms with E-state index in [1.165, 1.54) is 0 Å². The maximum atomic E-state index is 5.42. The summed E-state index contributed by atoms with van der Waals surface area (Å²) >= 11 is 0. The first-order valence-electron chi connectivity index (χ1n) is 8.31. The van der Waals surface area contributed by atoms with E-state index in [9.17, 15) is 0 Å². The highest BCUT2D eigenvalue weighted by molar-refractivity contribution is 5.82. The van der Waals surface area contributed by atoms with Crippen LogP contribution in [-0.2, 0) is 16.5 Å². The zero-order valence-corrected chi connectivity index (χ0v) is 14.9. The molecule has 1 aromatic carbocycles. The molecule has 0 saturated heterocycles. The quantitative estimate of drug-likeness (QED) is 0.733. The molecule has 8 nitrogen and oxygen atoms in total. The Balaban J connectivity index is 1.61. The normalized spacial score (nSPS) is 14.5. The van der Waals surface area contributed by atoms with E-state index in [-0.39, 0.29) is 0 Å². The van der Waals surface area contributed by atoms with Crippen LogP contribution in [0.2, 0.25) is 0 Å². The Kier molecular flexibility index (Phi) is 4.08. The molecule has 0 fully saturated rings. The first kappa shape index (κ1) is 16.2. The first-order valence-corrected chi connectivity index (χ1v) is 8.31. The number of hydrogen-bond donors (Lipinski definition) is 2. The van der Waals surface area contributed by atoms with Crippen LogP contribution in [0.1, 0.15) is 18.7 Å². The van der Waals surface area contributed by atoms with Crippen LogP contribution in [-0.4, -0.2) is 39.2 Å². The van der Waals surface area contributed by atoms with Crippen LogP contribution in [0.25, 0.3) is 16.5 Å². The fourth-order valence-electron chi connectivity index (χ4n) is 3.10. The van der Waals surface area contributed by atoms with Gasteiger partial charge in [0.05, 0.1) is 25.9 Å². The monoisotopic (exact) mass is 352 g/mol. The highest BCUT2D eigenvalue weighted by Gasteiger charge is 2.20. The number of allylic oxidation sites excluding steroid dienone is 3. The summed E-state index contributed by atoms with van der Waals surface area (Å²) in [7, 11) is 5.19. The second-order valence-electron chi connectivity index (χ2n) is 6.04. The average Bonchev–Trinajstić information content (AvgIpc) is 3.27. The summed E-state index contributed by atoms with van der Waals surface area (Å²) in [6.07, 6.45) is 5.35. The molecule has 0 unspecified atom stereocenters. The maximum absolute atomic E-state index is 5.42. The van der Waals surface area contributed by atoms with Crippen molar-refractivity contribution >= 4 is 28.1 Å². The number of hydrogen-bond acceptors (Lipinski definition) is 6. The summed E-state index contributed by atoms with van der Waals surface area (Å²) in [4.78, 5) is 4.65. The van der Waals surface area contributed by atoms with Crippen LogP contribution >= 0.6 is 0 Å². The lowest BCUT2D eigenvalue weighted by Gasteiger charge is -2.17. The number of benzene rings is 1. The van der Waals surface area contributed by atoms with Crippen molar-refractivity contribution in [1.82, 2.24) is 25.0 Å². The zero-order valence-electron chi connectivity index (χ0n) is 14.9. The molecular weight excluding hydrogens is 332 g/mol. The highest BCUT2D eigenvalue weighted by atomic mass is 16.5. The third-order valence-electron chi connectivity index (χ3n) is 4.41. The number of rotatable bonds is 5. The van der Waals surface area contributed by atoms with E-state index in [1.54, 1.807) is 25.1 Å². The molecule has 3 aromatic rings. The Morgan fingerprint density at radius 1 is 1.19 bits per heavy atom. The van der Waals surface area contributed by atoms with Crippen molar-refractivity contribution in [1.29, 1.82) is 0 Å². The van der Waals surface area contributed by atoms with Gasteiger partial charge in [-0.15, -0.1) is 5.10 Å². The molecule has 2 aromatic heterocycles. The molecule has 0 bridgehead atoms. The Hall–Kier alpha value is -3.29. The molecule has 2 N–H and O–H groups in total. The molecule has 26 heavy (non-hydrogen) atoms. The van der Waals surface area contributed by atoms with Crippen LogP contribution in [0.3, 0.4) is 0 Å². The first-order chi connectivity index (χ1) is 12.7. The van der Waals surface area contributed by atoms with E-state index in [0.29, 0.717) is 5.95 Å². The maximum Gasteiger partial charge on any atom is 0.247 e. The van der Waals surface area contributed by atoms with Gasteiger partial charge in [0.1, 0.15) is 5.76 Å². The molecule has 2 heterocycles. The summed E-state index contributed by atoms with van der Waals surface area (Å²) in [6.45, 7) is 0. The van der Waals surface area contributed by atoms with Gasteiger partial charge in [-0.25, -0.2) is 4.68 Å². The molecular formula is C18H20N6O2. The van der Waals surface area contributed by atoms with Gasteiger partial charge in [-0.05, 0) is 30.7 Å². The van der Waals surface area contributed by atoms with Gasteiger partial charge in [-0.1, -0.05) is 0 Å². The SMILES string of the molecule is COC1=C(OC)CCC(c2nc(Nc3ccc4[nH]ncc4c3)nn2C)=C1. The fraction of sp³-hybridized carbons (Fsp3) is 0.278. The van der Waals surface area contributed by atoms with Crippen LogP contribution in [0, 0.1) is 0 Å². The largest absolute Gasteiger partial charge is 0.497 e. The Bertz CT molecular complexity index is 1010. The van der Waals surface area contributed by atoms with Gasteiger partial charge < -0.3 is 14.8 Å². The number of methoxy groups -OCH3 is 2. The van der Waals surface area contributed by atoms with Crippen molar-refractivity contribution in [3.63, 3.8) is 0 Å². The number of nitrogens with zero attached hydrogens (tertiary/aromatic N) is 4. The van der Waals surface area contributed by atoms with Crippen LogP contribution in [0.4, 0.5) is 11.6 Å². The van der Waals surface area contributed by atoms with Crippen molar-refractivity contribution in [2.24, 2.45) is 7.05 Å². The van der Waals surface area contributed by atoms with E-state index in [0.717, 1.165) is 52.3 Å². The molecule has 8 heteroatoms. The minimum Gasteiger partial charge on any atom is -0.497 e. The summed E-state index contributed by atoms with van der Waals surface area (Å²) in [5.74, 6) is 2.94. The molecule has 0 atom stereocenters. The van der Waals surface area contributed by atoms with Gasteiger partial charge in [0.15, 0.2) is 11.6 Å². The van der Waals surface area contributed by atoms with Gasteiger partial charge in [-0.3, -0.25) is 5.10 Å². The van der Waals surface area contributed by atoms with Crippen molar-refractivity contribution in [3.05, 3.63) is 47.8 Å². The third-order valence-corrected chi connectivity index (χ3v) is 4.41. The topological polar surface area (TPSA) is 89.9 Å². The second-order valence-corrected chi connectivity index (χ2v) is 6.04. The van der Waals surface area contributed by atoms with Gasteiger partial charge in [-0.2, -0.15) is 10.1 Å². The summed E-state index contributed by atoms with van der Waals surface area (Å²) in [5, 5.41) is 15.7. The minimum atomic E-state index is 0.548. The van der Waals surface area contributed by atoms with E-state index >= 15 is 0 Å². The van der Waals surface area contributed by atoms with Gasteiger partial charge in [0.2, 0.25) is 5.95 Å². The summed E-state index contributed by atoms with van der Waals surface area (Å²) < 4.78 is 12.6. The van der Waals surface area contributed by atoms with E-state index in [2.05, 4.69) is 25.6 Å². The van der Waals surface area contributed by atoms with Gasteiger partial charge in [0, 0.05) is 30.1 Å². The smallest absolute Gasteiger partial charge is 0.247 e. The third kappa shape index (κ3) is 2.90. The van der Waals surface area contributed by atoms with Gasteiger partial charge >= 0.3 is 0 Å². The predicted molar refractivity (Wildman–Crippen MR) is 98.6 cm³/mol. The Morgan fingerprint density at radius 3 is 2.88 bits per heavy atom. The lowest BCUT2D eigenvalue weighted by atomic mass is 10.0. The van der Waals surface area contributed by atoms with Crippen molar-refractivity contribution in [2.75, 3.05) is 19.5 Å². The number of aromatic nitrogens is 5. The van der Waals surface area contributed by atoms with Crippen LogP contribution in [0.15, 0.2) is 42.0 Å². The molecule has 134 valence electrons. The zero-order chi connectivity index (χ0) is 18.1.